The molecule has 1 heterocycles. The van der Waals surface area contributed by atoms with Crippen LogP contribution in [0.5, 0.6) is 0 Å². The van der Waals surface area contributed by atoms with Gasteiger partial charge in [-0.2, -0.15) is 5.10 Å². The Bertz CT molecular complexity index is 738. The van der Waals surface area contributed by atoms with E-state index in [1.807, 2.05) is 6.92 Å². The summed E-state index contributed by atoms with van der Waals surface area (Å²) < 4.78 is 39.6. The van der Waals surface area contributed by atoms with Crippen molar-refractivity contribution < 1.29 is 12.8 Å². The van der Waals surface area contributed by atoms with Gasteiger partial charge in [-0.25, -0.2) is 12.8 Å². The van der Waals surface area contributed by atoms with Crippen molar-refractivity contribution in [3.8, 4) is 0 Å². The van der Waals surface area contributed by atoms with E-state index in [9.17, 15) is 12.8 Å². The highest BCUT2D eigenvalue weighted by Crippen LogP contribution is 2.20. The van der Waals surface area contributed by atoms with Crippen molar-refractivity contribution in [2.24, 2.45) is 0 Å². The zero-order valence-electron chi connectivity index (χ0n) is 11.3. The van der Waals surface area contributed by atoms with Crippen LogP contribution in [0.25, 0.3) is 0 Å². The normalized spacial score (nSPS) is 11.8. The van der Waals surface area contributed by atoms with Gasteiger partial charge in [0, 0.05) is 6.54 Å². The molecule has 2 aromatic rings. The van der Waals surface area contributed by atoms with Crippen LogP contribution in [0.1, 0.15) is 18.3 Å². The lowest BCUT2D eigenvalue weighted by atomic mass is 10.3. The number of sulfone groups is 1. The Kier molecular flexibility index (Phi) is 3.80. The van der Waals surface area contributed by atoms with Gasteiger partial charge in [0.1, 0.15) is 5.82 Å². The Hall–Kier alpha value is -1.89. The van der Waals surface area contributed by atoms with Crippen LogP contribution < -0.4 is 5.73 Å². The first-order valence-electron chi connectivity index (χ1n) is 6.14. The van der Waals surface area contributed by atoms with Gasteiger partial charge in [-0.3, -0.25) is 4.68 Å². The fourth-order valence-corrected chi connectivity index (χ4v) is 3.32. The molecular weight excluding hydrogens is 281 g/mol. The number of halogens is 1. The second-order valence-corrected chi connectivity index (χ2v) is 6.52. The number of hydrogen-bond donors (Lipinski definition) is 1. The molecular formula is C13H16FN3O2S. The van der Waals surface area contributed by atoms with Crippen LogP contribution in [0.4, 0.5) is 10.1 Å². The number of rotatable bonds is 4. The van der Waals surface area contributed by atoms with Crippen LogP contribution in [-0.4, -0.2) is 18.2 Å². The zero-order valence-corrected chi connectivity index (χ0v) is 12.1. The van der Waals surface area contributed by atoms with E-state index in [1.165, 1.54) is 12.1 Å². The molecule has 0 amide bonds. The van der Waals surface area contributed by atoms with Gasteiger partial charge >= 0.3 is 0 Å². The standard InChI is InChI=1S/C13H16FN3O2S/c1-3-17-10(6-9(2)16-17)8-20(18,19)11-4-5-13(15)12(14)7-11/h4-7H,3,8,15H2,1-2H3. The molecule has 2 N–H and O–H groups in total. The van der Waals surface area contributed by atoms with Crippen LogP contribution in [0, 0.1) is 12.7 Å². The summed E-state index contributed by atoms with van der Waals surface area (Å²) in [6.07, 6.45) is 0. The largest absolute Gasteiger partial charge is 0.396 e. The molecule has 0 radical (unpaired) electrons. The number of benzene rings is 1. The Morgan fingerprint density at radius 3 is 2.65 bits per heavy atom. The summed E-state index contributed by atoms with van der Waals surface area (Å²) >= 11 is 0. The molecule has 1 aromatic heterocycles. The predicted octanol–water partition coefficient (Wildman–Crippen LogP) is 1.91. The summed E-state index contributed by atoms with van der Waals surface area (Å²) in [5, 5.41) is 4.20. The number of nitrogen functional groups attached to an aromatic ring is 1. The second kappa shape index (κ2) is 5.24. The van der Waals surface area contributed by atoms with E-state index in [4.69, 9.17) is 5.73 Å². The fourth-order valence-electron chi connectivity index (χ4n) is 1.97. The molecule has 5 nitrogen and oxygen atoms in total. The van der Waals surface area contributed by atoms with Gasteiger partial charge in [0.05, 0.1) is 27.7 Å². The Morgan fingerprint density at radius 1 is 1.35 bits per heavy atom. The average Bonchev–Trinajstić information content (AvgIpc) is 2.72. The molecule has 20 heavy (non-hydrogen) atoms. The summed E-state index contributed by atoms with van der Waals surface area (Å²) in [7, 11) is -3.63. The van der Waals surface area contributed by atoms with Crippen molar-refractivity contribution in [2.45, 2.75) is 31.0 Å². The van der Waals surface area contributed by atoms with Crippen LogP contribution in [-0.2, 0) is 22.1 Å². The van der Waals surface area contributed by atoms with Crippen molar-refractivity contribution in [1.29, 1.82) is 0 Å². The Morgan fingerprint density at radius 2 is 2.05 bits per heavy atom. The molecule has 7 heteroatoms. The maximum Gasteiger partial charge on any atom is 0.184 e. The van der Waals surface area contributed by atoms with Gasteiger partial charge in [-0.05, 0) is 38.1 Å². The highest BCUT2D eigenvalue weighted by Gasteiger charge is 2.19. The molecule has 0 saturated heterocycles. The SMILES string of the molecule is CCn1nc(C)cc1CS(=O)(=O)c1ccc(N)c(F)c1. The molecule has 0 spiro atoms. The lowest BCUT2D eigenvalue weighted by molar-refractivity contribution is 0.582. The molecule has 0 unspecified atom stereocenters. The quantitative estimate of drug-likeness (QED) is 0.874. The summed E-state index contributed by atoms with van der Waals surface area (Å²) in [6, 6.07) is 5.23. The third-order valence-corrected chi connectivity index (χ3v) is 4.60. The second-order valence-electron chi connectivity index (χ2n) is 4.54. The predicted molar refractivity (Wildman–Crippen MR) is 74.3 cm³/mol. The average molecular weight is 297 g/mol. The molecule has 0 bridgehead atoms. The lowest BCUT2D eigenvalue weighted by Crippen LogP contribution is -2.11. The van der Waals surface area contributed by atoms with Crippen molar-refractivity contribution in [1.82, 2.24) is 9.78 Å². The van der Waals surface area contributed by atoms with Crippen molar-refractivity contribution in [2.75, 3.05) is 5.73 Å². The van der Waals surface area contributed by atoms with Gasteiger partial charge in [-0.1, -0.05) is 0 Å². The van der Waals surface area contributed by atoms with Crippen LogP contribution >= 0.6 is 0 Å². The number of nitrogens with zero attached hydrogens (tertiary/aromatic N) is 2. The minimum Gasteiger partial charge on any atom is -0.396 e. The first kappa shape index (κ1) is 14.5. The van der Waals surface area contributed by atoms with E-state index >= 15 is 0 Å². The molecule has 0 fully saturated rings. The van der Waals surface area contributed by atoms with Crippen LogP contribution in [0.2, 0.25) is 0 Å². The summed E-state index contributed by atoms with van der Waals surface area (Å²) in [5.74, 6) is -0.948. The number of nitrogens with two attached hydrogens (primary N) is 1. The number of hydrogen-bond acceptors (Lipinski definition) is 4. The number of anilines is 1. The van der Waals surface area contributed by atoms with E-state index in [2.05, 4.69) is 5.10 Å². The monoisotopic (exact) mass is 297 g/mol. The van der Waals surface area contributed by atoms with Gasteiger partial charge in [0.2, 0.25) is 0 Å². The van der Waals surface area contributed by atoms with Crippen LogP contribution in [0.3, 0.4) is 0 Å². The Balaban J connectivity index is 2.37. The fraction of sp³-hybridized carbons (Fsp3) is 0.308. The summed E-state index contributed by atoms with van der Waals surface area (Å²) in [5.41, 5.74) is 6.61. The van der Waals surface area contributed by atoms with Crippen molar-refractivity contribution in [3.05, 3.63) is 41.5 Å². The van der Waals surface area contributed by atoms with Crippen LogP contribution in [0.15, 0.2) is 29.2 Å². The van der Waals surface area contributed by atoms with E-state index in [-0.39, 0.29) is 16.3 Å². The Labute approximate surface area is 117 Å². The molecule has 0 aliphatic heterocycles. The maximum absolute atomic E-state index is 13.4. The smallest absolute Gasteiger partial charge is 0.184 e. The lowest BCUT2D eigenvalue weighted by Gasteiger charge is -2.07. The third-order valence-electron chi connectivity index (χ3n) is 2.95. The van der Waals surface area contributed by atoms with Gasteiger partial charge in [0.15, 0.2) is 9.84 Å². The summed E-state index contributed by atoms with van der Waals surface area (Å²) in [4.78, 5) is -0.0780. The summed E-state index contributed by atoms with van der Waals surface area (Å²) in [6.45, 7) is 4.26. The topological polar surface area (TPSA) is 78.0 Å². The molecule has 108 valence electrons. The molecule has 2 rings (SSSR count). The molecule has 0 aliphatic rings. The number of aryl methyl sites for hydroxylation is 2. The minimum atomic E-state index is -3.63. The molecule has 0 atom stereocenters. The van der Waals surface area contributed by atoms with E-state index in [0.29, 0.717) is 12.2 Å². The van der Waals surface area contributed by atoms with Gasteiger partial charge < -0.3 is 5.73 Å². The molecule has 1 aromatic carbocycles. The van der Waals surface area contributed by atoms with E-state index < -0.39 is 15.7 Å². The minimum absolute atomic E-state index is 0.0709. The molecule has 0 aliphatic carbocycles. The van der Waals surface area contributed by atoms with Gasteiger partial charge in [0.25, 0.3) is 0 Å². The maximum atomic E-state index is 13.4. The molecule has 0 saturated carbocycles. The van der Waals surface area contributed by atoms with Crippen molar-refractivity contribution >= 4 is 15.5 Å². The number of aromatic nitrogens is 2. The van der Waals surface area contributed by atoms with Crippen molar-refractivity contribution in [3.63, 3.8) is 0 Å². The first-order valence-corrected chi connectivity index (χ1v) is 7.80. The first-order chi connectivity index (χ1) is 9.33. The van der Waals surface area contributed by atoms with Gasteiger partial charge in [-0.15, -0.1) is 0 Å². The van der Waals surface area contributed by atoms with E-state index in [1.54, 1.807) is 17.7 Å². The van der Waals surface area contributed by atoms with E-state index in [0.717, 1.165) is 11.8 Å². The highest BCUT2D eigenvalue weighted by molar-refractivity contribution is 7.90. The highest BCUT2D eigenvalue weighted by atomic mass is 32.2. The zero-order chi connectivity index (χ0) is 14.9. The third kappa shape index (κ3) is 2.82.